The maximum Gasteiger partial charge on any atom is 0.320 e. The summed E-state index contributed by atoms with van der Waals surface area (Å²) >= 11 is 0. The first-order chi connectivity index (χ1) is 4.63. The van der Waals surface area contributed by atoms with Crippen molar-refractivity contribution in [3.63, 3.8) is 0 Å². The molecule has 0 aromatic carbocycles. The van der Waals surface area contributed by atoms with Gasteiger partial charge in [0.1, 0.15) is 6.04 Å². The average Bonchev–Trinajstić information content (AvgIpc) is 1.90. The molecule has 0 heterocycles. The molecule has 60 valence electrons. The van der Waals surface area contributed by atoms with Crippen molar-refractivity contribution in [2.75, 3.05) is 13.1 Å². The highest BCUT2D eigenvalue weighted by molar-refractivity contribution is 5.72. The van der Waals surface area contributed by atoms with Gasteiger partial charge in [-0.1, -0.05) is 13.8 Å². The third-order valence-corrected chi connectivity index (χ3v) is 1.72. The number of hydrogen-bond acceptors (Lipinski definition) is 2. The zero-order valence-electron chi connectivity index (χ0n) is 6.79. The molecule has 1 atom stereocenters. The Morgan fingerprint density at radius 2 is 1.90 bits per heavy atom. The lowest BCUT2D eigenvalue weighted by atomic mass is 10.3. The Morgan fingerprint density at radius 3 is 2.00 bits per heavy atom. The lowest BCUT2D eigenvalue weighted by Gasteiger charge is -2.22. The summed E-state index contributed by atoms with van der Waals surface area (Å²) in [5, 5.41) is 8.57. The van der Waals surface area contributed by atoms with Gasteiger partial charge in [0, 0.05) is 0 Å². The van der Waals surface area contributed by atoms with E-state index in [9.17, 15) is 4.79 Å². The second kappa shape index (κ2) is 4.28. The Hall–Kier alpha value is -0.570. The number of nitrogens with zero attached hydrogens (tertiary/aromatic N) is 1. The van der Waals surface area contributed by atoms with Crippen LogP contribution in [0.5, 0.6) is 0 Å². The van der Waals surface area contributed by atoms with E-state index in [2.05, 4.69) is 0 Å². The molecule has 0 aliphatic rings. The van der Waals surface area contributed by atoms with Crippen molar-refractivity contribution in [1.82, 2.24) is 4.90 Å². The van der Waals surface area contributed by atoms with E-state index < -0.39 is 5.97 Å². The van der Waals surface area contributed by atoms with E-state index in [0.29, 0.717) is 0 Å². The number of carboxylic acid groups (broad SMARTS) is 1. The van der Waals surface area contributed by atoms with E-state index in [4.69, 9.17) is 5.11 Å². The molecule has 10 heavy (non-hydrogen) atoms. The number of carboxylic acids is 1. The van der Waals surface area contributed by atoms with Crippen molar-refractivity contribution in [2.24, 2.45) is 0 Å². The van der Waals surface area contributed by atoms with Crippen LogP contribution in [-0.4, -0.2) is 35.1 Å². The van der Waals surface area contributed by atoms with Gasteiger partial charge in [0.2, 0.25) is 0 Å². The van der Waals surface area contributed by atoms with Gasteiger partial charge in [0.05, 0.1) is 0 Å². The highest BCUT2D eigenvalue weighted by Crippen LogP contribution is 1.96. The molecule has 0 saturated carbocycles. The van der Waals surface area contributed by atoms with Crippen molar-refractivity contribution in [1.29, 1.82) is 0 Å². The molecule has 0 aliphatic heterocycles. The van der Waals surface area contributed by atoms with Gasteiger partial charge >= 0.3 is 5.97 Å². The standard InChI is InChI=1S/C7H15NO2/c1-4-8(5-2)6(3)7(9)10/h6H,4-5H2,1-3H3,(H,9,10)/t6-/m0/s1. The number of likely N-dealkylation sites (N-methyl/N-ethyl adjacent to an activating group) is 1. The molecule has 0 aromatic rings. The van der Waals surface area contributed by atoms with Crippen molar-refractivity contribution in [2.45, 2.75) is 26.8 Å². The number of rotatable bonds is 4. The molecule has 0 saturated heterocycles. The molecule has 0 bridgehead atoms. The van der Waals surface area contributed by atoms with Crippen LogP contribution in [-0.2, 0) is 4.79 Å². The summed E-state index contributed by atoms with van der Waals surface area (Å²) in [6, 6.07) is -0.352. The van der Waals surface area contributed by atoms with Crippen LogP contribution < -0.4 is 0 Å². The molecule has 0 aliphatic carbocycles. The fraction of sp³-hybridized carbons (Fsp3) is 0.857. The van der Waals surface area contributed by atoms with E-state index in [1.165, 1.54) is 0 Å². The van der Waals surface area contributed by atoms with Gasteiger partial charge in [0.25, 0.3) is 0 Å². The van der Waals surface area contributed by atoms with Gasteiger partial charge in [-0.05, 0) is 20.0 Å². The lowest BCUT2D eigenvalue weighted by molar-refractivity contribution is -0.142. The molecule has 0 unspecified atom stereocenters. The quantitative estimate of drug-likeness (QED) is 0.636. The fourth-order valence-electron chi connectivity index (χ4n) is 0.928. The second-order valence-corrected chi connectivity index (χ2v) is 2.24. The molecule has 1 N–H and O–H groups in total. The first-order valence-corrected chi connectivity index (χ1v) is 3.60. The van der Waals surface area contributed by atoms with Crippen LogP contribution in [0.15, 0.2) is 0 Å². The molecular formula is C7H15NO2. The van der Waals surface area contributed by atoms with Crippen molar-refractivity contribution in [3.05, 3.63) is 0 Å². The summed E-state index contributed by atoms with van der Waals surface area (Å²) in [5.41, 5.74) is 0. The predicted molar refractivity (Wildman–Crippen MR) is 40.0 cm³/mol. The smallest absolute Gasteiger partial charge is 0.320 e. The Kier molecular flexibility index (Phi) is 4.03. The molecular weight excluding hydrogens is 130 g/mol. The van der Waals surface area contributed by atoms with Crippen LogP contribution in [0.2, 0.25) is 0 Å². The Morgan fingerprint density at radius 1 is 1.50 bits per heavy atom. The average molecular weight is 145 g/mol. The Labute approximate surface area is 61.6 Å². The summed E-state index contributed by atoms with van der Waals surface area (Å²) < 4.78 is 0. The number of hydrogen-bond donors (Lipinski definition) is 1. The van der Waals surface area contributed by atoms with E-state index in [0.717, 1.165) is 13.1 Å². The normalized spacial score (nSPS) is 13.6. The van der Waals surface area contributed by atoms with Crippen molar-refractivity contribution in [3.8, 4) is 0 Å². The second-order valence-electron chi connectivity index (χ2n) is 2.24. The Bertz CT molecular complexity index is 110. The molecule has 0 spiro atoms. The van der Waals surface area contributed by atoms with Gasteiger partial charge < -0.3 is 5.11 Å². The van der Waals surface area contributed by atoms with Gasteiger partial charge in [-0.3, -0.25) is 9.69 Å². The molecule has 3 heteroatoms. The van der Waals surface area contributed by atoms with Crippen LogP contribution in [0, 0.1) is 0 Å². The highest BCUT2D eigenvalue weighted by atomic mass is 16.4. The number of carbonyl (C=O) groups is 1. The van der Waals surface area contributed by atoms with Crippen LogP contribution in [0.3, 0.4) is 0 Å². The summed E-state index contributed by atoms with van der Waals surface area (Å²) in [7, 11) is 0. The number of aliphatic carboxylic acids is 1. The summed E-state index contributed by atoms with van der Waals surface area (Å²) in [6.07, 6.45) is 0. The summed E-state index contributed by atoms with van der Waals surface area (Å²) in [6.45, 7) is 7.22. The zero-order valence-corrected chi connectivity index (χ0v) is 6.79. The van der Waals surface area contributed by atoms with Gasteiger partial charge in [0.15, 0.2) is 0 Å². The SMILES string of the molecule is CCN(CC)[C@@H](C)C(=O)O. The third-order valence-electron chi connectivity index (χ3n) is 1.72. The molecule has 0 radical (unpaired) electrons. The third kappa shape index (κ3) is 2.35. The first kappa shape index (κ1) is 9.43. The maximum atomic E-state index is 10.4. The van der Waals surface area contributed by atoms with E-state index in [1.807, 2.05) is 18.7 Å². The minimum absolute atomic E-state index is 0.352. The van der Waals surface area contributed by atoms with E-state index >= 15 is 0 Å². The summed E-state index contributed by atoms with van der Waals surface area (Å²) in [4.78, 5) is 12.3. The van der Waals surface area contributed by atoms with Crippen LogP contribution >= 0.6 is 0 Å². The molecule has 0 rings (SSSR count). The molecule has 3 nitrogen and oxygen atoms in total. The minimum atomic E-state index is -0.747. The van der Waals surface area contributed by atoms with Crippen molar-refractivity contribution < 1.29 is 9.90 Å². The van der Waals surface area contributed by atoms with Crippen LogP contribution in [0.4, 0.5) is 0 Å². The molecule has 0 aromatic heterocycles. The maximum absolute atomic E-state index is 10.4. The van der Waals surface area contributed by atoms with Gasteiger partial charge in [-0.15, -0.1) is 0 Å². The van der Waals surface area contributed by atoms with Gasteiger partial charge in [-0.2, -0.15) is 0 Å². The largest absolute Gasteiger partial charge is 0.480 e. The Balaban J connectivity index is 3.88. The van der Waals surface area contributed by atoms with E-state index in [1.54, 1.807) is 6.92 Å². The minimum Gasteiger partial charge on any atom is -0.480 e. The molecule has 0 amide bonds. The topological polar surface area (TPSA) is 40.5 Å². The monoisotopic (exact) mass is 145 g/mol. The first-order valence-electron chi connectivity index (χ1n) is 3.60. The fourth-order valence-corrected chi connectivity index (χ4v) is 0.928. The van der Waals surface area contributed by atoms with Crippen LogP contribution in [0.25, 0.3) is 0 Å². The predicted octanol–water partition coefficient (Wildman–Crippen LogP) is 0.801. The molecule has 0 fully saturated rings. The van der Waals surface area contributed by atoms with E-state index in [-0.39, 0.29) is 6.04 Å². The summed E-state index contributed by atoms with van der Waals surface area (Å²) in [5.74, 6) is -0.747. The lowest BCUT2D eigenvalue weighted by Crippen LogP contribution is -2.38. The van der Waals surface area contributed by atoms with Crippen LogP contribution in [0.1, 0.15) is 20.8 Å². The highest BCUT2D eigenvalue weighted by Gasteiger charge is 2.16. The zero-order chi connectivity index (χ0) is 8.15. The van der Waals surface area contributed by atoms with Crippen molar-refractivity contribution >= 4 is 5.97 Å². The van der Waals surface area contributed by atoms with Gasteiger partial charge in [-0.25, -0.2) is 0 Å².